The maximum atomic E-state index is 14.2. The molecule has 0 aliphatic rings. The number of carbonyl (C=O) groups excluding carboxylic acids is 1. The van der Waals surface area contributed by atoms with Gasteiger partial charge in [0.15, 0.2) is 0 Å². The van der Waals surface area contributed by atoms with Crippen LogP contribution in [0.1, 0.15) is 10.4 Å². The van der Waals surface area contributed by atoms with Crippen molar-refractivity contribution in [3.05, 3.63) is 46.9 Å². The summed E-state index contributed by atoms with van der Waals surface area (Å²) in [6, 6.07) is 5.78. The minimum Gasteiger partial charge on any atom is -0.382 e. The van der Waals surface area contributed by atoms with E-state index in [4.69, 9.17) is 17.3 Å². The molecule has 2 N–H and O–H groups in total. The Balaban J connectivity index is 2.31. The zero-order chi connectivity index (χ0) is 17.9. The topological polar surface area (TPSA) is 62.5 Å². The number of rotatable bonds is 5. The van der Waals surface area contributed by atoms with Gasteiger partial charge in [-0.05, 0) is 38.4 Å². The summed E-state index contributed by atoms with van der Waals surface area (Å²) in [6.07, 6.45) is 1.43. The maximum absolute atomic E-state index is 14.2. The fraction of sp³-hybridized carbons (Fsp3) is 0.294. The van der Waals surface area contributed by atoms with Crippen LogP contribution in [0.2, 0.25) is 5.02 Å². The van der Waals surface area contributed by atoms with Crippen molar-refractivity contribution in [1.82, 2.24) is 14.8 Å². The predicted octanol–water partition coefficient (Wildman–Crippen LogP) is 2.76. The Bertz CT molecular complexity index is 751. The number of carbonyl (C=O) groups is 1. The van der Waals surface area contributed by atoms with Crippen LogP contribution in [0.5, 0.6) is 0 Å². The van der Waals surface area contributed by atoms with Crippen molar-refractivity contribution in [1.29, 1.82) is 0 Å². The van der Waals surface area contributed by atoms with Crippen LogP contribution >= 0.6 is 11.6 Å². The van der Waals surface area contributed by atoms with Gasteiger partial charge in [-0.1, -0.05) is 11.6 Å². The molecular weight excluding hydrogens is 331 g/mol. The quantitative estimate of drug-likeness (QED) is 0.900. The minimum atomic E-state index is -0.454. The monoisotopic (exact) mass is 350 g/mol. The van der Waals surface area contributed by atoms with Crippen LogP contribution in [0.3, 0.4) is 0 Å². The molecule has 0 aliphatic carbocycles. The van der Waals surface area contributed by atoms with Crippen LogP contribution in [-0.4, -0.2) is 54.9 Å². The highest BCUT2D eigenvalue weighted by molar-refractivity contribution is 6.33. The van der Waals surface area contributed by atoms with Gasteiger partial charge in [0.1, 0.15) is 11.6 Å². The summed E-state index contributed by atoms with van der Waals surface area (Å²) in [5, 5.41) is 0.242. The average molecular weight is 351 g/mol. The summed E-state index contributed by atoms with van der Waals surface area (Å²) in [6.45, 7) is 1.32. The smallest absolute Gasteiger partial charge is 0.253 e. The van der Waals surface area contributed by atoms with Crippen molar-refractivity contribution < 1.29 is 9.18 Å². The van der Waals surface area contributed by atoms with E-state index in [-0.39, 0.29) is 22.3 Å². The molecule has 0 unspecified atom stereocenters. The molecule has 0 bridgehead atoms. The molecule has 1 aromatic heterocycles. The number of anilines is 1. The van der Waals surface area contributed by atoms with E-state index in [2.05, 4.69) is 4.98 Å². The van der Waals surface area contributed by atoms with Crippen LogP contribution in [0.4, 0.5) is 10.2 Å². The Labute approximate surface area is 145 Å². The second-order valence-corrected chi connectivity index (χ2v) is 6.22. The lowest BCUT2D eigenvalue weighted by Gasteiger charge is -2.20. The molecule has 24 heavy (non-hydrogen) atoms. The Kier molecular flexibility index (Phi) is 5.75. The number of likely N-dealkylation sites (N-methyl/N-ethyl adjacent to an activating group) is 2. The fourth-order valence-corrected chi connectivity index (χ4v) is 2.31. The molecule has 0 saturated carbocycles. The first kappa shape index (κ1) is 18.2. The number of nitrogens with zero attached hydrogens (tertiary/aromatic N) is 3. The lowest BCUT2D eigenvalue weighted by atomic mass is 10.0. The Morgan fingerprint density at radius 3 is 2.58 bits per heavy atom. The molecule has 0 atom stereocenters. The number of pyridine rings is 1. The van der Waals surface area contributed by atoms with Gasteiger partial charge in [0.05, 0.1) is 5.02 Å². The Morgan fingerprint density at radius 2 is 1.96 bits per heavy atom. The van der Waals surface area contributed by atoms with E-state index >= 15 is 0 Å². The molecule has 0 saturated heterocycles. The van der Waals surface area contributed by atoms with Gasteiger partial charge >= 0.3 is 0 Å². The molecule has 0 aliphatic heterocycles. The van der Waals surface area contributed by atoms with Gasteiger partial charge in [0.2, 0.25) is 0 Å². The molecule has 0 radical (unpaired) electrons. The summed E-state index contributed by atoms with van der Waals surface area (Å²) in [5.41, 5.74) is 6.71. The van der Waals surface area contributed by atoms with E-state index in [0.29, 0.717) is 17.7 Å². The number of aromatic nitrogens is 1. The molecule has 2 aromatic rings. The van der Waals surface area contributed by atoms with Crippen LogP contribution in [0.15, 0.2) is 30.5 Å². The number of benzene rings is 1. The predicted molar refractivity (Wildman–Crippen MR) is 94.6 cm³/mol. The van der Waals surface area contributed by atoms with Gasteiger partial charge in [0.25, 0.3) is 5.91 Å². The van der Waals surface area contributed by atoms with E-state index in [1.165, 1.54) is 30.5 Å². The summed E-state index contributed by atoms with van der Waals surface area (Å²) in [4.78, 5) is 20.0. The number of halogens is 2. The first-order valence-electron chi connectivity index (χ1n) is 7.40. The zero-order valence-electron chi connectivity index (χ0n) is 13.9. The highest BCUT2D eigenvalue weighted by atomic mass is 35.5. The van der Waals surface area contributed by atoms with E-state index in [1.807, 2.05) is 19.0 Å². The zero-order valence-corrected chi connectivity index (χ0v) is 14.6. The molecule has 2 rings (SSSR count). The number of nitrogens with two attached hydrogens (primary N) is 1. The third kappa shape index (κ3) is 4.21. The maximum Gasteiger partial charge on any atom is 0.253 e. The van der Waals surface area contributed by atoms with Crippen LogP contribution < -0.4 is 5.73 Å². The van der Waals surface area contributed by atoms with Crippen molar-refractivity contribution in [2.45, 2.75) is 0 Å². The summed E-state index contributed by atoms with van der Waals surface area (Å²) in [5.74, 6) is -0.450. The Hall–Kier alpha value is -2.18. The van der Waals surface area contributed by atoms with Gasteiger partial charge in [0, 0.05) is 43.0 Å². The number of amides is 1. The molecule has 1 amide bonds. The molecule has 7 heteroatoms. The fourth-order valence-electron chi connectivity index (χ4n) is 2.15. The third-order valence-corrected chi connectivity index (χ3v) is 3.93. The number of nitrogen functional groups attached to an aromatic ring is 1. The summed E-state index contributed by atoms with van der Waals surface area (Å²) < 4.78 is 14.2. The molecule has 0 spiro atoms. The standard InChI is InChI=1S/C17H20ClFN4O/c1-22(2)6-7-23(3)17(24)11-4-5-15(19)13(8-11)12-9-14(18)16(20)21-10-12/h4-5,8-10H,6-7H2,1-3H3,(H2,20,21). The van der Waals surface area contributed by atoms with E-state index in [1.54, 1.807) is 11.9 Å². The van der Waals surface area contributed by atoms with E-state index < -0.39 is 5.82 Å². The van der Waals surface area contributed by atoms with Crippen LogP contribution in [-0.2, 0) is 0 Å². The number of hydrogen-bond donors (Lipinski definition) is 1. The molecule has 0 fully saturated rings. The molecular formula is C17H20ClFN4O. The van der Waals surface area contributed by atoms with Gasteiger partial charge in [-0.25, -0.2) is 9.37 Å². The lowest BCUT2D eigenvalue weighted by Crippen LogP contribution is -2.33. The van der Waals surface area contributed by atoms with Crippen molar-refractivity contribution in [2.75, 3.05) is 40.0 Å². The average Bonchev–Trinajstić information content (AvgIpc) is 2.55. The molecule has 1 heterocycles. The highest BCUT2D eigenvalue weighted by Gasteiger charge is 2.15. The van der Waals surface area contributed by atoms with Crippen LogP contribution in [0.25, 0.3) is 11.1 Å². The third-order valence-electron chi connectivity index (χ3n) is 3.62. The number of hydrogen-bond acceptors (Lipinski definition) is 4. The normalized spacial score (nSPS) is 10.9. The summed E-state index contributed by atoms with van der Waals surface area (Å²) in [7, 11) is 5.59. The first-order valence-corrected chi connectivity index (χ1v) is 7.78. The largest absolute Gasteiger partial charge is 0.382 e. The van der Waals surface area contributed by atoms with Gasteiger partial charge in [-0.15, -0.1) is 0 Å². The second kappa shape index (κ2) is 7.59. The SMILES string of the molecule is CN(C)CCN(C)C(=O)c1ccc(F)c(-c2cnc(N)c(Cl)c2)c1. The first-order chi connectivity index (χ1) is 11.3. The molecule has 1 aromatic carbocycles. The van der Waals surface area contributed by atoms with E-state index in [0.717, 1.165) is 6.54 Å². The van der Waals surface area contributed by atoms with Crippen LogP contribution in [0, 0.1) is 5.82 Å². The second-order valence-electron chi connectivity index (χ2n) is 5.82. The highest BCUT2D eigenvalue weighted by Crippen LogP contribution is 2.28. The van der Waals surface area contributed by atoms with Gasteiger partial charge in [-0.3, -0.25) is 4.79 Å². The van der Waals surface area contributed by atoms with E-state index in [9.17, 15) is 9.18 Å². The van der Waals surface area contributed by atoms with Crippen molar-refractivity contribution >= 4 is 23.3 Å². The summed E-state index contributed by atoms with van der Waals surface area (Å²) >= 11 is 5.95. The van der Waals surface area contributed by atoms with Gasteiger partial charge < -0.3 is 15.5 Å². The van der Waals surface area contributed by atoms with Crippen molar-refractivity contribution in [3.63, 3.8) is 0 Å². The molecule has 5 nitrogen and oxygen atoms in total. The minimum absolute atomic E-state index is 0.174. The lowest BCUT2D eigenvalue weighted by molar-refractivity contribution is 0.0786. The van der Waals surface area contributed by atoms with Gasteiger partial charge in [-0.2, -0.15) is 0 Å². The van der Waals surface area contributed by atoms with Crippen molar-refractivity contribution in [2.24, 2.45) is 0 Å². The van der Waals surface area contributed by atoms with Crippen molar-refractivity contribution in [3.8, 4) is 11.1 Å². The Morgan fingerprint density at radius 1 is 1.25 bits per heavy atom. The molecule has 128 valence electrons.